The summed E-state index contributed by atoms with van der Waals surface area (Å²) in [4.78, 5) is 14.7. The SMILES string of the molecule is CCN1CCC(NC(=O)Cc2cc(Cl)c3c(c2)OCCCO3)CC1. The first-order chi connectivity index (χ1) is 11.7. The molecule has 0 aliphatic carbocycles. The smallest absolute Gasteiger partial charge is 0.224 e. The number of benzene rings is 1. The van der Waals surface area contributed by atoms with Crippen molar-refractivity contribution < 1.29 is 14.3 Å². The van der Waals surface area contributed by atoms with E-state index in [0.717, 1.165) is 44.5 Å². The summed E-state index contributed by atoms with van der Waals surface area (Å²) in [5.74, 6) is 1.26. The molecule has 1 aromatic rings. The van der Waals surface area contributed by atoms with Crippen LogP contribution in [0.2, 0.25) is 5.02 Å². The van der Waals surface area contributed by atoms with Crippen LogP contribution in [0.1, 0.15) is 31.7 Å². The van der Waals surface area contributed by atoms with Gasteiger partial charge in [-0.15, -0.1) is 0 Å². The fourth-order valence-corrected chi connectivity index (χ4v) is 3.53. The van der Waals surface area contributed by atoms with Crippen LogP contribution < -0.4 is 14.8 Å². The van der Waals surface area contributed by atoms with Gasteiger partial charge in [-0.1, -0.05) is 18.5 Å². The number of hydrogen-bond acceptors (Lipinski definition) is 4. The molecule has 0 unspecified atom stereocenters. The average Bonchev–Trinajstić information content (AvgIpc) is 2.81. The maximum absolute atomic E-state index is 12.3. The molecule has 2 aliphatic rings. The van der Waals surface area contributed by atoms with Crippen molar-refractivity contribution in [1.29, 1.82) is 0 Å². The van der Waals surface area contributed by atoms with Crippen molar-refractivity contribution in [3.05, 3.63) is 22.7 Å². The molecule has 2 aliphatic heterocycles. The molecule has 5 nitrogen and oxygen atoms in total. The van der Waals surface area contributed by atoms with Crippen molar-refractivity contribution in [2.75, 3.05) is 32.8 Å². The number of carbonyl (C=O) groups is 1. The van der Waals surface area contributed by atoms with Gasteiger partial charge >= 0.3 is 0 Å². The van der Waals surface area contributed by atoms with E-state index in [-0.39, 0.29) is 11.9 Å². The number of amides is 1. The van der Waals surface area contributed by atoms with Crippen LogP contribution in [-0.4, -0.2) is 49.7 Å². The molecule has 0 bridgehead atoms. The highest BCUT2D eigenvalue weighted by Crippen LogP contribution is 2.38. The van der Waals surface area contributed by atoms with Gasteiger partial charge < -0.3 is 19.7 Å². The van der Waals surface area contributed by atoms with Crippen molar-refractivity contribution in [2.45, 2.75) is 38.6 Å². The predicted octanol–water partition coefficient (Wildman–Crippen LogP) is 2.64. The van der Waals surface area contributed by atoms with Crippen molar-refractivity contribution in [2.24, 2.45) is 0 Å². The van der Waals surface area contributed by atoms with Crippen LogP contribution in [0.25, 0.3) is 0 Å². The molecule has 1 amide bonds. The minimum atomic E-state index is 0.0375. The summed E-state index contributed by atoms with van der Waals surface area (Å²) in [5, 5.41) is 3.65. The Labute approximate surface area is 148 Å². The molecule has 6 heteroatoms. The van der Waals surface area contributed by atoms with Gasteiger partial charge in [-0.2, -0.15) is 0 Å². The molecule has 0 spiro atoms. The van der Waals surface area contributed by atoms with Gasteiger partial charge in [0.15, 0.2) is 11.5 Å². The van der Waals surface area contributed by atoms with Gasteiger partial charge in [-0.05, 0) is 37.1 Å². The fourth-order valence-electron chi connectivity index (χ4n) is 3.24. The fraction of sp³-hybridized carbons (Fsp3) is 0.611. The Morgan fingerprint density at radius 3 is 2.79 bits per heavy atom. The van der Waals surface area contributed by atoms with Crippen molar-refractivity contribution >= 4 is 17.5 Å². The van der Waals surface area contributed by atoms with E-state index >= 15 is 0 Å². The Morgan fingerprint density at radius 2 is 2.04 bits per heavy atom. The quantitative estimate of drug-likeness (QED) is 0.905. The van der Waals surface area contributed by atoms with Crippen LogP contribution in [0.5, 0.6) is 11.5 Å². The summed E-state index contributed by atoms with van der Waals surface area (Å²) in [6, 6.07) is 3.94. The Kier molecular flexibility index (Phi) is 5.85. The van der Waals surface area contributed by atoms with Crippen LogP contribution in [0, 0.1) is 0 Å². The predicted molar refractivity (Wildman–Crippen MR) is 94.0 cm³/mol. The average molecular weight is 353 g/mol. The number of piperidine rings is 1. The van der Waals surface area contributed by atoms with Crippen molar-refractivity contribution in [3.8, 4) is 11.5 Å². The lowest BCUT2D eigenvalue weighted by atomic mass is 10.0. The van der Waals surface area contributed by atoms with Crippen LogP contribution >= 0.6 is 11.6 Å². The standard InChI is InChI=1S/C18H25ClN2O3/c1-2-21-6-4-14(5-7-21)20-17(22)12-13-10-15(19)18-16(11-13)23-8-3-9-24-18/h10-11,14H,2-9,12H2,1H3,(H,20,22). The van der Waals surface area contributed by atoms with Crippen LogP contribution in [0.3, 0.4) is 0 Å². The number of nitrogens with one attached hydrogen (secondary N) is 1. The van der Waals surface area contributed by atoms with Gasteiger partial charge in [0.1, 0.15) is 0 Å². The number of likely N-dealkylation sites (tertiary alicyclic amines) is 1. The summed E-state index contributed by atoms with van der Waals surface area (Å²) in [6.07, 6.45) is 3.17. The molecule has 132 valence electrons. The first-order valence-electron chi connectivity index (χ1n) is 8.75. The van der Waals surface area contributed by atoms with Gasteiger partial charge in [0.05, 0.1) is 24.7 Å². The maximum atomic E-state index is 12.3. The maximum Gasteiger partial charge on any atom is 0.224 e. The zero-order chi connectivity index (χ0) is 16.9. The van der Waals surface area contributed by atoms with Crippen LogP contribution in [0.15, 0.2) is 12.1 Å². The van der Waals surface area contributed by atoms with E-state index in [1.54, 1.807) is 6.07 Å². The van der Waals surface area contributed by atoms with Crippen LogP contribution in [-0.2, 0) is 11.2 Å². The summed E-state index contributed by atoms with van der Waals surface area (Å²) < 4.78 is 11.3. The Balaban J connectivity index is 1.58. The molecular formula is C18H25ClN2O3. The number of nitrogens with zero attached hydrogens (tertiary/aromatic N) is 1. The molecule has 1 N–H and O–H groups in total. The molecule has 1 saturated heterocycles. The second-order valence-electron chi connectivity index (χ2n) is 6.41. The van der Waals surface area contributed by atoms with Gasteiger partial charge in [-0.25, -0.2) is 0 Å². The van der Waals surface area contributed by atoms with E-state index in [9.17, 15) is 4.79 Å². The lowest BCUT2D eigenvalue weighted by Crippen LogP contribution is -2.44. The van der Waals surface area contributed by atoms with E-state index in [1.807, 2.05) is 6.07 Å². The number of carbonyl (C=O) groups excluding carboxylic acids is 1. The number of fused-ring (bicyclic) bond motifs is 1. The number of hydrogen-bond donors (Lipinski definition) is 1. The lowest BCUT2D eigenvalue weighted by Gasteiger charge is -2.31. The molecule has 2 heterocycles. The van der Waals surface area contributed by atoms with Gasteiger partial charge in [0.25, 0.3) is 0 Å². The third-order valence-electron chi connectivity index (χ3n) is 4.63. The van der Waals surface area contributed by atoms with Gasteiger partial charge in [0, 0.05) is 25.6 Å². The third kappa shape index (κ3) is 4.33. The van der Waals surface area contributed by atoms with E-state index in [2.05, 4.69) is 17.1 Å². The monoisotopic (exact) mass is 352 g/mol. The number of halogens is 1. The summed E-state index contributed by atoms with van der Waals surface area (Å²) >= 11 is 6.28. The zero-order valence-electron chi connectivity index (χ0n) is 14.1. The van der Waals surface area contributed by atoms with Crippen molar-refractivity contribution in [3.63, 3.8) is 0 Å². The minimum absolute atomic E-state index is 0.0375. The first kappa shape index (κ1) is 17.4. The van der Waals surface area contributed by atoms with E-state index in [0.29, 0.717) is 36.2 Å². The molecule has 3 rings (SSSR count). The first-order valence-corrected chi connectivity index (χ1v) is 9.13. The normalized spacial score (nSPS) is 18.9. The third-order valence-corrected chi connectivity index (χ3v) is 4.91. The zero-order valence-corrected chi connectivity index (χ0v) is 14.9. The molecule has 24 heavy (non-hydrogen) atoms. The number of ether oxygens (including phenoxy) is 2. The topological polar surface area (TPSA) is 50.8 Å². The van der Waals surface area contributed by atoms with Crippen LogP contribution in [0.4, 0.5) is 0 Å². The van der Waals surface area contributed by atoms with Gasteiger partial charge in [-0.3, -0.25) is 4.79 Å². The molecule has 0 aromatic heterocycles. The highest BCUT2D eigenvalue weighted by Gasteiger charge is 2.21. The molecule has 0 atom stereocenters. The summed E-state index contributed by atoms with van der Waals surface area (Å²) in [6.45, 7) is 6.57. The highest BCUT2D eigenvalue weighted by atomic mass is 35.5. The van der Waals surface area contributed by atoms with E-state index < -0.39 is 0 Å². The molecule has 0 radical (unpaired) electrons. The molecule has 1 aromatic carbocycles. The summed E-state index contributed by atoms with van der Waals surface area (Å²) in [5.41, 5.74) is 0.854. The Bertz CT molecular complexity index is 586. The largest absolute Gasteiger partial charge is 0.489 e. The van der Waals surface area contributed by atoms with Gasteiger partial charge in [0.2, 0.25) is 5.91 Å². The van der Waals surface area contributed by atoms with Crippen molar-refractivity contribution in [1.82, 2.24) is 10.2 Å². The van der Waals surface area contributed by atoms with E-state index in [1.165, 1.54) is 0 Å². The van der Waals surface area contributed by atoms with E-state index in [4.69, 9.17) is 21.1 Å². The minimum Gasteiger partial charge on any atom is -0.489 e. The second kappa shape index (κ2) is 8.08. The highest BCUT2D eigenvalue weighted by molar-refractivity contribution is 6.32. The Morgan fingerprint density at radius 1 is 1.29 bits per heavy atom. The lowest BCUT2D eigenvalue weighted by molar-refractivity contribution is -0.121. The molecule has 0 saturated carbocycles. The second-order valence-corrected chi connectivity index (χ2v) is 6.82. The Hall–Kier alpha value is -1.46. The molecule has 1 fully saturated rings. The summed E-state index contributed by atoms with van der Waals surface area (Å²) in [7, 11) is 0. The number of rotatable bonds is 4. The molecular weight excluding hydrogens is 328 g/mol.